The van der Waals surface area contributed by atoms with Gasteiger partial charge in [0.1, 0.15) is 0 Å². The molecule has 23 heavy (non-hydrogen) atoms. The van der Waals surface area contributed by atoms with E-state index in [1.54, 1.807) is 0 Å². The zero-order valence-corrected chi connectivity index (χ0v) is 14.7. The van der Waals surface area contributed by atoms with Crippen molar-refractivity contribution in [2.45, 2.75) is 50.3 Å². The molecule has 0 aromatic heterocycles. The van der Waals surface area contributed by atoms with Gasteiger partial charge in [-0.2, -0.15) is 11.8 Å². The van der Waals surface area contributed by atoms with Crippen LogP contribution in [0.15, 0.2) is 24.3 Å². The van der Waals surface area contributed by atoms with Crippen LogP contribution < -0.4 is 5.32 Å². The van der Waals surface area contributed by atoms with Gasteiger partial charge in [0.05, 0.1) is 0 Å². The number of carbonyl (C=O) groups is 1. The number of amides is 1. The SMILES string of the molecule is O=C(NCCSC1CCCC1)c1ccc(CN2CCCC2)cc1. The maximum Gasteiger partial charge on any atom is 0.251 e. The van der Waals surface area contributed by atoms with Crippen LogP contribution in [0.2, 0.25) is 0 Å². The highest BCUT2D eigenvalue weighted by molar-refractivity contribution is 7.99. The number of thioether (sulfide) groups is 1. The van der Waals surface area contributed by atoms with Crippen LogP contribution in [0.1, 0.15) is 54.4 Å². The number of hydrogen-bond donors (Lipinski definition) is 1. The molecule has 1 aliphatic carbocycles. The summed E-state index contributed by atoms with van der Waals surface area (Å²) in [7, 11) is 0. The fourth-order valence-electron chi connectivity index (χ4n) is 3.51. The molecule has 1 heterocycles. The Bertz CT molecular complexity index is 491. The van der Waals surface area contributed by atoms with Crippen LogP contribution >= 0.6 is 11.8 Å². The summed E-state index contributed by atoms with van der Waals surface area (Å²) in [5.41, 5.74) is 2.08. The van der Waals surface area contributed by atoms with Gasteiger partial charge in [0.25, 0.3) is 5.91 Å². The molecule has 1 aromatic carbocycles. The van der Waals surface area contributed by atoms with Crippen molar-refractivity contribution in [2.75, 3.05) is 25.4 Å². The van der Waals surface area contributed by atoms with Crippen LogP contribution in [0.25, 0.3) is 0 Å². The van der Waals surface area contributed by atoms with E-state index >= 15 is 0 Å². The van der Waals surface area contributed by atoms with Crippen LogP contribution in [0, 0.1) is 0 Å². The topological polar surface area (TPSA) is 32.3 Å². The third kappa shape index (κ3) is 5.25. The summed E-state index contributed by atoms with van der Waals surface area (Å²) in [5.74, 6) is 1.09. The van der Waals surface area contributed by atoms with Crippen LogP contribution in [-0.2, 0) is 6.54 Å². The molecule has 1 N–H and O–H groups in total. The number of nitrogens with zero attached hydrogens (tertiary/aromatic N) is 1. The highest BCUT2D eigenvalue weighted by Crippen LogP contribution is 2.28. The summed E-state index contributed by atoms with van der Waals surface area (Å²) in [4.78, 5) is 14.6. The highest BCUT2D eigenvalue weighted by Gasteiger charge is 2.15. The summed E-state index contributed by atoms with van der Waals surface area (Å²) in [5, 5.41) is 3.88. The molecule has 0 bridgehead atoms. The van der Waals surface area contributed by atoms with Crippen LogP contribution in [-0.4, -0.2) is 41.4 Å². The molecule has 0 spiro atoms. The van der Waals surface area contributed by atoms with Gasteiger partial charge >= 0.3 is 0 Å². The van der Waals surface area contributed by atoms with Gasteiger partial charge in [0.15, 0.2) is 0 Å². The average Bonchev–Trinajstić information content (AvgIpc) is 3.26. The molecular weight excluding hydrogens is 304 g/mol. The van der Waals surface area contributed by atoms with Crippen LogP contribution in [0.3, 0.4) is 0 Å². The quantitative estimate of drug-likeness (QED) is 0.773. The summed E-state index contributed by atoms with van der Waals surface area (Å²) in [6.45, 7) is 4.21. The standard InChI is InChI=1S/C19H28N2OS/c22-19(20-11-14-23-18-5-1-2-6-18)17-9-7-16(8-10-17)15-21-12-3-4-13-21/h7-10,18H,1-6,11-15H2,(H,20,22). The van der Waals surface area contributed by atoms with Gasteiger partial charge in [-0.25, -0.2) is 0 Å². The maximum absolute atomic E-state index is 12.2. The van der Waals surface area contributed by atoms with Crippen molar-refractivity contribution in [1.29, 1.82) is 0 Å². The zero-order valence-electron chi connectivity index (χ0n) is 13.9. The monoisotopic (exact) mass is 332 g/mol. The van der Waals surface area contributed by atoms with E-state index in [-0.39, 0.29) is 5.91 Å². The molecule has 1 saturated carbocycles. The smallest absolute Gasteiger partial charge is 0.251 e. The fourth-order valence-corrected chi connectivity index (χ4v) is 4.73. The Kier molecular flexibility index (Phi) is 6.40. The molecule has 0 unspecified atom stereocenters. The van der Waals surface area contributed by atoms with E-state index in [1.165, 1.54) is 57.2 Å². The minimum Gasteiger partial charge on any atom is -0.351 e. The fraction of sp³-hybridized carbons (Fsp3) is 0.632. The van der Waals surface area contributed by atoms with Gasteiger partial charge in [0, 0.05) is 29.7 Å². The highest BCUT2D eigenvalue weighted by atomic mass is 32.2. The van der Waals surface area contributed by atoms with E-state index in [2.05, 4.69) is 22.3 Å². The molecule has 1 aromatic rings. The van der Waals surface area contributed by atoms with Gasteiger partial charge in [-0.15, -0.1) is 0 Å². The largest absolute Gasteiger partial charge is 0.351 e. The van der Waals surface area contributed by atoms with Crippen molar-refractivity contribution in [3.63, 3.8) is 0 Å². The van der Waals surface area contributed by atoms with E-state index < -0.39 is 0 Å². The normalized spacial score (nSPS) is 19.3. The minimum atomic E-state index is 0.0599. The van der Waals surface area contributed by atoms with E-state index in [1.807, 2.05) is 23.9 Å². The third-order valence-corrected chi connectivity index (χ3v) is 6.25. The first-order valence-electron chi connectivity index (χ1n) is 9.02. The summed E-state index contributed by atoms with van der Waals surface area (Å²) < 4.78 is 0. The maximum atomic E-state index is 12.2. The molecule has 0 atom stereocenters. The molecule has 4 heteroatoms. The number of hydrogen-bond acceptors (Lipinski definition) is 3. The lowest BCUT2D eigenvalue weighted by Crippen LogP contribution is -2.26. The molecule has 1 aliphatic heterocycles. The van der Waals surface area contributed by atoms with Crippen molar-refractivity contribution in [2.24, 2.45) is 0 Å². The van der Waals surface area contributed by atoms with Gasteiger partial charge < -0.3 is 5.32 Å². The Hall–Kier alpha value is -1.00. The summed E-state index contributed by atoms with van der Waals surface area (Å²) in [6.07, 6.45) is 8.12. The minimum absolute atomic E-state index is 0.0599. The Morgan fingerprint density at radius 3 is 2.48 bits per heavy atom. The molecule has 1 amide bonds. The number of carbonyl (C=O) groups excluding carboxylic acids is 1. The second kappa shape index (κ2) is 8.74. The van der Waals surface area contributed by atoms with Gasteiger partial charge in [-0.05, 0) is 56.5 Å². The van der Waals surface area contributed by atoms with Crippen molar-refractivity contribution < 1.29 is 4.79 Å². The van der Waals surface area contributed by atoms with E-state index in [0.717, 1.165) is 29.7 Å². The first-order chi connectivity index (χ1) is 11.3. The molecular formula is C19H28N2OS. The zero-order chi connectivity index (χ0) is 15.9. The Morgan fingerprint density at radius 1 is 1.09 bits per heavy atom. The first-order valence-corrected chi connectivity index (χ1v) is 10.1. The third-order valence-electron chi connectivity index (χ3n) is 4.86. The molecule has 1 saturated heterocycles. The molecule has 2 aliphatic rings. The van der Waals surface area contributed by atoms with E-state index in [4.69, 9.17) is 0 Å². The summed E-state index contributed by atoms with van der Waals surface area (Å²) >= 11 is 2.02. The lowest BCUT2D eigenvalue weighted by atomic mass is 10.1. The number of benzene rings is 1. The number of rotatable bonds is 7. The Balaban J connectivity index is 1.38. The molecule has 3 rings (SSSR count). The van der Waals surface area contributed by atoms with Gasteiger partial charge in [-0.3, -0.25) is 9.69 Å². The van der Waals surface area contributed by atoms with Crippen LogP contribution in [0.4, 0.5) is 0 Å². The van der Waals surface area contributed by atoms with E-state index in [0.29, 0.717) is 0 Å². The molecule has 3 nitrogen and oxygen atoms in total. The Labute approximate surface area is 144 Å². The van der Waals surface area contributed by atoms with Gasteiger partial charge in [0.2, 0.25) is 0 Å². The van der Waals surface area contributed by atoms with Crippen molar-refractivity contribution in [1.82, 2.24) is 10.2 Å². The van der Waals surface area contributed by atoms with Crippen LogP contribution in [0.5, 0.6) is 0 Å². The molecule has 2 fully saturated rings. The predicted octanol–water partition coefficient (Wildman–Crippen LogP) is 3.69. The van der Waals surface area contributed by atoms with E-state index in [9.17, 15) is 4.79 Å². The lowest BCUT2D eigenvalue weighted by molar-refractivity contribution is 0.0956. The Morgan fingerprint density at radius 2 is 1.78 bits per heavy atom. The van der Waals surface area contributed by atoms with Crippen molar-refractivity contribution in [3.05, 3.63) is 35.4 Å². The van der Waals surface area contributed by atoms with Crippen molar-refractivity contribution >= 4 is 17.7 Å². The first kappa shape index (κ1) is 16.8. The predicted molar refractivity (Wildman–Crippen MR) is 98.0 cm³/mol. The average molecular weight is 333 g/mol. The summed E-state index contributed by atoms with van der Waals surface area (Å²) in [6, 6.07) is 8.12. The second-order valence-electron chi connectivity index (χ2n) is 6.71. The number of nitrogens with one attached hydrogen (secondary N) is 1. The van der Waals surface area contributed by atoms with Crippen molar-refractivity contribution in [3.8, 4) is 0 Å². The molecule has 126 valence electrons. The van der Waals surface area contributed by atoms with Gasteiger partial charge in [-0.1, -0.05) is 25.0 Å². The second-order valence-corrected chi connectivity index (χ2v) is 8.12. The number of likely N-dealkylation sites (tertiary alicyclic amines) is 1. The molecule has 0 radical (unpaired) electrons. The lowest BCUT2D eigenvalue weighted by Gasteiger charge is -2.14.